The van der Waals surface area contributed by atoms with Crippen molar-refractivity contribution in [2.45, 2.75) is 46.0 Å². The summed E-state index contributed by atoms with van der Waals surface area (Å²) < 4.78 is 17.6. The molecule has 0 amide bonds. The molecule has 14 heavy (non-hydrogen) atoms. The minimum atomic E-state index is -2.36. The first-order chi connectivity index (χ1) is 5.44. The van der Waals surface area contributed by atoms with Gasteiger partial charge in [-0.15, -0.1) is 24.8 Å². The predicted molar refractivity (Wildman–Crippen MR) is 64.5 cm³/mol. The Balaban J connectivity index is -0.000000180. The zero-order chi connectivity index (χ0) is 9.61. The van der Waals surface area contributed by atoms with Gasteiger partial charge in [-0.05, 0) is 18.3 Å². The van der Waals surface area contributed by atoms with Gasteiger partial charge in [0.1, 0.15) is 0 Å². The van der Waals surface area contributed by atoms with Crippen LogP contribution in [0, 0.1) is 5.41 Å². The summed E-state index contributed by atoms with van der Waals surface area (Å²) in [6, 6.07) is 0. The summed E-state index contributed by atoms with van der Waals surface area (Å²) in [5, 5.41) is 4.03. The maximum absolute atomic E-state index is 8.78. The molecular weight excluding hydrogens is 245 g/mol. The molecular formula is C8H20Cl2NO2S-. The Kier molecular flexibility index (Phi) is 14.6. The van der Waals surface area contributed by atoms with E-state index in [9.17, 15) is 0 Å². The van der Waals surface area contributed by atoms with Crippen LogP contribution in [0.2, 0.25) is 0 Å². The maximum Gasteiger partial charge on any atom is 0.0152 e. The van der Waals surface area contributed by atoms with Crippen molar-refractivity contribution in [2.75, 3.05) is 0 Å². The summed E-state index contributed by atoms with van der Waals surface area (Å²) in [7, 11) is 0. The summed E-state index contributed by atoms with van der Waals surface area (Å²) in [5.74, 6) is 0. The van der Waals surface area contributed by atoms with Crippen molar-refractivity contribution in [1.29, 1.82) is 0 Å². The molecule has 0 heterocycles. The standard InChI is InChI=1S/C8H16.2ClH.H3NO2S/c1-8(2)6-4-3-5-7-8;;;1-4(2)3/h3-7H2,1-2H3;2*1H;1H2,(H,2,3)/p-1. The van der Waals surface area contributed by atoms with Crippen molar-refractivity contribution >= 4 is 36.1 Å². The number of rotatable bonds is 0. The molecule has 1 aliphatic carbocycles. The molecule has 1 saturated carbocycles. The Morgan fingerprint density at radius 2 is 1.43 bits per heavy atom. The van der Waals surface area contributed by atoms with Crippen LogP contribution < -0.4 is 5.14 Å². The van der Waals surface area contributed by atoms with Gasteiger partial charge < -0.3 is 4.55 Å². The van der Waals surface area contributed by atoms with Crippen molar-refractivity contribution in [1.82, 2.24) is 0 Å². The Bertz CT molecular complexity index is 144. The van der Waals surface area contributed by atoms with Crippen molar-refractivity contribution in [2.24, 2.45) is 10.6 Å². The summed E-state index contributed by atoms with van der Waals surface area (Å²) in [6.45, 7) is 4.76. The van der Waals surface area contributed by atoms with Crippen molar-refractivity contribution < 1.29 is 8.76 Å². The van der Waals surface area contributed by atoms with Gasteiger partial charge in [0.25, 0.3) is 0 Å². The molecule has 1 aliphatic rings. The van der Waals surface area contributed by atoms with Gasteiger partial charge in [0, 0.05) is 11.3 Å². The van der Waals surface area contributed by atoms with Gasteiger partial charge in [-0.1, -0.05) is 33.1 Å². The van der Waals surface area contributed by atoms with Crippen LogP contribution in [-0.2, 0) is 11.3 Å². The Morgan fingerprint density at radius 1 is 1.14 bits per heavy atom. The van der Waals surface area contributed by atoms with Crippen LogP contribution in [0.1, 0.15) is 46.0 Å². The fraction of sp³-hybridized carbons (Fsp3) is 1.00. The van der Waals surface area contributed by atoms with E-state index in [1.165, 1.54) is 32.1 Å². The van der Waals surface area contributed by atoms with E-state index in [1.807, 2.05) is 0 Å². The quantitative estimate of drug-likeness (QED) is 0.684. The highest BCUT2D eigenvalue weighted by atomic mass is 35.5. The van der Waals surface area contributed by atoms with Crippen LogP contribution >= 0.6 is 24.8 Å². The van der Waals surface area contributed by atoms with Gasteiger partial charge in [0.15, 0.2) is 0 Å². The van der Waals surface area contributed by atoms with E-state index in [-0.39, 0.29) is 24.8 Å². The molecule has 1 rings (SSSR count). The Labute approximate surface area is 101 Å². The molecule has 90 valence electrons. The van der Waals surface area contributed by atoms with Crippen molar-refractivity contribution in [3.05, 3.63) is 0 Å². The monoisotopic (exact) mass is 264 g/mol. The van der Waals surface area contributed by atoms with E-state index < -0.39 is 11.3 Å². The Morgan fingerprint density at radius 3 is 1.57 bits per heavy atom. The molecule has 1 unspecified atom stereocenters. The lowest BCUT2D eigenvalue weighted by Gasteiger charge is -2.28. The van der Waals surface area contributed by atoms with Crippen LogP contribution in [0.4, 0.5) is 0 Å². The van der Waals surface area contributed by atoms with Gasteiger partial charge in [-0.3, -0.25) is 9.35 Å². The van der Waals surface area contributed by atoms with Crippen LogP contribution in [0.3, 0.4) is 0 Å². The van der Waals surface area contributed by atoms with Gasteiger partial charge in [-0.2, -0.15) is 0 Å². The van der Waals surface area contributed by atoms with E-state index in [4.69, 9.17) is 8.76 Å². The smallest absolute Gasteiger partial charge is 0.0152 e. The molecule has 0 bridgehead atoms. The third-order valence-corrected chi connectivity index (χ3v) is 2.21. The predicted octanol–water partition coefficient (Wildman–Crippen LogP) is 2.56. The second-order valence-electron chi connectivity index (χ2n) is 3.99. The first kappa shape index (κ1) is 20.1. The summed E-state index contributed by atoms with van der Waals surface area (Å²) in [6.07, 6.45) is 7.31. The lowest BCUT2D eigenvalue weighted by molar-refractivity contribution is 0.244. The number of nitrogens with two attached hydrogens (primary N) is 1. The zero-order valence-electron chi connectivity index (χ0n) is 8.65. The van der Waals surface area contributed by atoms with Crippen LogP contribution in [0.15, 0.2) is 0 Å². The molecule has 0 radical (unpaired) electrons. The zero-order valence-corrected chi connectivity index (χ0v) is 11.1. The van der Waals surface area contributed by atoms with Gasteiger partial charge in [0.2, 0.25) is 0 Å². The summed E-state index contributed by atoms with van der Waals surface area (Å²) in [5.41, 5.74) is 0.679. The molecule has 0 aromatic rings. The highest BCUT2D eigenvalue weighted by molar-refractivity contribution is 7.76. The molecule has 2 N–H and O–H groups in total. The summed E-state index contributed by atoms with van der Waals surface area (Å²) in [4.78, 5) is 0. The lowest BCUT2D eigenvalue weighted by atomic mass is 9.78. The number of hydrogen-bond donors (Lipinski definition) is 1. The highest BCUT2D eigenvalue weighted by Gasteiger charge is 2.19. The van der Waals surface area contributed by atoms with E-state index in [1.54, 1.807) is 0 Å². The molecule has 1 atom stereocenters. The average molecular weight is 265 g/mol. The second-order valence-corrected chi connectivity index (χ2v) is 4.51. The number of halogens is 2. The molecule has 0 spiro atoms. The van der Waals surface area contributed by atoms with E-state index >= 15 is 0 Å². The molecule has 0 aromatic heterocycles. The van der Waals surface area contributed by atoms with Gasteiger partial charge in [0.05, 0.1) is 0 Å². The SMILES string of the molecule is CC1(C)CCCCC1.Cl.Cl.NS(=O)[O-]. The summed E-state index contributed by atoms with van der Waals surface area (Å²) >= 11 is -2.36. The largest absolute Gasteiger partial charge is 0.760 e. The fourth-order valence-corrected chi connectivity index (χ4v) is 1.51. The molecule has 6 heteroatoms. The molecule has 1 fully saturated rings. The number of hydrogen-bond acceptors (Lipinski definition) is 2. The molecule has 0 aliphatic heterocycles. The molecule has 3 nitrogen and oxygen atoms in total. The van der Waals surface area contributed by atoms with Crippen molar-refractivity contribution in [3.63, 3.8) is 0 Å². The first-order valence-electron chi connectivity index (χ1n) is 4.28. The van der Waals surface area contributed by atoms with Crippen LogP contribution in [0.5, 0.6) is 0 Å². The average Bonchev–Trinajstić information content (AvgIpc) is 1.85. The molecule has 0 aromatic carbocycles. The third-order valence-electron chi connectivity index (χ3n) is 2.21. The third kappa shape index (κ3) is 15.1. The van der Waals surface area contributed by atoms with Gasteiger partial charge in [-0.25, -0.2) is 0 Å². The maximum atomic E-state index is 8.78. The van der Waals surface area contributed by atoms with E-state index in [2.05, 4.69) is 19.0 Å². The van der Waals surface area contributed by atoms with Crippen LogP contribution in [0.25, 0.3) is 0 Å². The highest BCUT2D eigenvalue weighted by Crippen LogP contribution is 2.34. The fourth-order valence-electron chi connectivity index (χ4n) is 1.51. The van der Waals surface area contributed by atoms with Crippen molar-refractivity contribution in [3.8, 4) is 0 Å². The Hall–Kier alpha value is 0.650. The topological polar surface area (TPSA) is 66.2 Å². The normalized spacial score (nSPS) is 20.3. The van der Waals surface area contributed by atoms with Gasteiger partial charge >= 0.3 is 0 Å². The lowest BCUT2D eigenvalue weighted by Crippen LogP contribution is -2.14. The second kappa shape index (κ2) is 10.2. The minimum Gasteiger partial charge on any atom is -0.760 e. The van der Waals surface area contributed by atoms with E-state index in [0.29, 0.717) is 5.41 Å². The first-order valence-corrected chi connectivity index (χ1v) is 5.41. The minimum absolute atomic E-state index is 0. The van der Waals surface area contributed by atoms with E-state index in [0.717, 1.165) is 0 Å². The van der Waals surface area contributed by atoms with Crippen LogP contribution in [-0.4, -0.2) is 8.76 Å². The molecule has 0 saturated heterocycles.